The summed E-state index contributed by atoms with van der Waals surface area (Å²) in [5.74, 6) is 2.89. The lowest BCUT2D eigenvalue weighted by Crippen LogP contribution is -2.39. The second-order valence-electron chi connectivity index (χ2n) is 9.64. The number of benzene rings is 2. The van der Waals surface area contributed by atoms with Gasteiger partial charge in [-0.3, -0.25) is 4.90 Å². The third-order valence-electron chi connectivity index (χ3n) is 6.99. The van der Waals surface area contributed by atoms with Crippen LogP contribution < -0.4 is 9.47 Å². The minimum atomic E-state index is -0.238. The fourth-order valence-corrected chi connectivity index (χ4v) is 4.70. The Labute approximate surface area is 209 Å². The van der Waals surface area contributed by atoms with Crippen LogP contribution in [0.5, 0.6) is 11.5 Å². The van der Waals surface area contributed by atoms with E-state index in [-0.39, 0.29) is 5.60 Å². The summed E-state index contributed by atoms with van der Waals surface area (Å²) in [7, 11) is 1.82. The van der Waals surface area contributed by atoms with Crippen LogP contribution in [0, 0.1) is 13.8 Å². The average Bonchev–Trinajstić information content (AvgIpc) is 3.17. The molecule has 1 aromatic heterocycles. The van der Waals surface area contributed by atoms with Crippen molar-refractivity contribution in [2.45, 2.75) is 58.2 Å². The molecular weight excluding hydrogens is 438 g/mol. The highest BCUT2D eigenvalue weighted by atomic mass is 16.5. The van der Waals surface area contributed by atoms with Gasteiger partial charge in [0.25, 0.3) is 0 Å². The molecule has 3 aromatic rings. The van der Waals surface area contributed by atoms with E-state index in [0.29, 0.717) is 13.2 Å². The van der Waals surface area contributed by atoms with Gasteiger partial charge in [-0.15, -0.1) is 0 Å². The van der Waals surface area contributed by atoms with Gasteiger partial charge in [0.1, 0.15) is 29.5 Å². The Kier molecular flexibility index (Phi) is 8.83. The zero-order chi connectivity index (χ0) is 24.5. The van der Waals surface area contributed by atoms with Gasteiger partial charge in [0.15, 0.2) is 0 Å². The highest BCUT2D eigenvalue weighted by Crippen LogP contribution is 2.28. The maximum absolute atomic E-state index is 6.13. The monoisotopic (exact) mass is 477 g/mol. The number of hydrogen-bond acceptors (Lipinski definition) is 5. The molecule has 0 saturated carbocycles. The van der Waals surface area contributed by atoms with Crippen molar-refractivity contribution in [1.82, 2.24) is 14.5 Å². The molecule has 6 nitrogen and oxygen atoms in total. The predicted octanol–water partition coefficient (Wildman–Crippen LogP) is 5.42. The highest BCUT2D eigenvalue weighted by Gasteiger charge is 2.33. The van der Waals surface area contributed by atoms with Crippen LogP contribution in [-0.4, -0.2) is 53.5 Å². The number of imidazole rings is 1. The third kappa shape index (κ3) is 7.33. The van der Waals surface area contributed by atoms with E-state index in [1.165, 1.54) is 11.1 Å². The van der Waals surface area contributed by atoms with Crippen molar-refractivity contribution in [3.63, 3.8) is 0 Å². The van der Waals surface area contributed by atoms with Crippen LogP contribution in [0.4, 0.5) is 0 Å². The molecule has 0 radical (unpaired) electrons. The SMILES string of the molecule is CO[C@@]1(COc2ccc(C)cc2)CCCN(Cc2cccc(OCCCn3ccnc3C)c2)CC1. The summed E-state index contributed by atoms with van der Waals surface area (Å²) in [6.45, 7) is 9.29. The van der Waals surface area contributed by atoms with E-state index >= 15 is 0 Å². The summed E-state index contributed by atoms with van der Waals surface area (Å²) < 4.78 is 20.4. The number of rotatable bonds is 11. The van der Waals surface area contributed by atoms with E-state index in [4.69, 9.17) is 14.2 Å². The van der Waals surface area contributed by atoms with Crippen molar-refractivity contribution in [3.05, 3.63) is 77.9 Å². The molecule has 1 atom stereocenters. The minimum Gasteiger partial charge on any atom is -0.494 e. The van der Waals surface area contributed by atoms with Crippen molar-refractivity contribution in [2.75, 3.05) is 33.4 Å². The molecular formula is C29H39N3O3. The fourth-order valence-electron chi connectivity index (χ4n) is 4.70. The van der Waals surface area contributed by atoms with Crippen LogP contribution in [-0.2, 0) is 17.8 Å². The average molecular weight is 478 g/mol. The lowest BCUT2D eigenvalue weighted by molar-refractivity contribution is -0.0541. The topological polar surface area (TPSA) is 48.8 Å². The standard InChI is InChI=1S/C29H39N3O3/c1-24-9-11-27(12-10-24)35-23-29(33-3)13-5-16-31(18-14-29)22-26-7-4-8-28(21-26)34-20-6-17-32-19-15-30-25(32)2/h4,7-12,15,19,21H,5-6,13-14,16-18,20,22-23H2,1-3H3/t29-/m0/s1. The van der Waals surface area contributed by atoms with E-state index in [1.54, 1.807) is 0 Å². The highest BCUT2D eigenvalue weighted by molar-refractivity contribution is 5.28. The first kappa shape index (κ1) is 25.3. The molecule has 0 bridgehead atoms. The van der Waals surface area contributed by atoms with Crippen molar-refractivity contribution < 1.29 is 14.2 Å². The zero-order valence-electron chi connectivity index (χ0n) is 21.4. The second kappa shape index (κ2) is 12.2. The summed E-state index contributed by atoms with van der Waals surface area (Å²) in [4.78, 5) is 6.79. The fraction of sp³-hybridized carbons (Fsp3) is 0.483. The van der Waals surface area contributed by atoms with Crippen molar-refractivity contribution in [2.24, 2.45) is 0 Å². The molecule has 0 N–H and O–H groups in total. The van der Waals surface area contributed by atoms with Crippen LogP contribution >= 0.6 is 0 Å². The Morgan fingerprint density at radius 1 is 0.971 bits per heavy atom. The maximum Gasteiger partial charge on any atom is 0.119 e. The van der Waals surface area contributed by atoms with Gasteiger partial charge in [0.2, 0.25) is 0 Å². The summed E-state index contributed by atoms with van der Waals surface area (Å²) in [6, 6.07) is 16.8. The lowest BCUT2D eigenvalue weighted by Gasteiger charge is -2.31. The Morgan fingerprint density at radius 3 is 2.60 bits per heavy atom. The van der Waals surface area contributed by atoms with Crippen LogP contribution in [0.2, 0.25) is 0 Å². The number of hydrogen-bond donors (Lipinski definition) is 0. The van der Waals surface area contributed by atoms with E-state index in [2.05, 4.69) is 51.7 Å². The molecule has 0 unspecified atom stereocenters. The second-order valence-corrected chi connectivity index (χ2v) is 9.64. The lowest BCUT2D eigenvalue weighted by atomic mass is 9.95. The van der Waals surface area contributed by atoms with Gasteiger partial charge in [-0.05, 0) is 75.9 Å². The molecule has 2 aromatic carbocycles. The smallest absolute Gasteiger partial charge is 0.119 e. The van der Waals surface area contributed by atoms with E-state index in [0.717, 1.165) is 69.2 Å². The molecule has 188 valence electrons. The molecule has 0 amide bonds. The normalized spacial score (nSPS) is 18.8. The van der Waals surface area contributed by atoms with Gasteiger partial charge in [-0.1, -0.05) is 29.8 Å². The molecule has 35 heavy (non-hydrogen) atoms. The number of nitrogens with zero attached hydrogens (tertiary/aromatic N) is 3. The molecule has 0 spiro atoms. The first-order valence-electron chi connectivity index (χ1n) is 12.7. The van der Waals surface area contributed by atoms with Gasteiger partial charge in [-0.25, -0.2) is 4.98 Å². The van der Waals surface area contributed by atoms with Crippen LogP contribution in [0.15, 0.2) is 60.9 Å². The van der Waals surface area contributed by atoms with E-state index in [1.807, 2.05) is 44.6 Å². The van der Waals surface area contributed by atoms with E-state index < -0.39 is 0 Å². The number of aryl methyl sites for hydroxylation is 3. The summed E-state index contributed by atoms with van der Waals surface area (Å²) in [5.41, 5.74) is 2.29. The van der Waals surface area contributed by atoms with Crippen LogP contribution in [0.25, 0.3) is 0 Å². The first-order valence-corrected chi connectivity index (χ1v) is 12.7. The number of aromatic nitrogens is 2. The Balaban J connectivity index is 1.25. The van der Waals surface area contributed by atoms with Gasteiger partial charge >= 0.3 is 0 Å². The van der Waals surface area contributed by atoms with Gasteiger partial charge in [-0.2, -0.15) is 0 Å². The molecule has 1 aliphatic heterocycles. The van der Waals surface area contributed by atoms with Crippen molar-refractivity contribution in [1.29, 1.82) is 0 Å². The van der Waals surface area contributed by atoms with Crippen molar-refractivity contribution >= 4 is 0 Å². The van der Waals surface area contributed by atoms with Gasteiger partial charge in [0, 0.05) is 39.1 Å². The van der Waals surface area contributed by atoms with Gasteiger partial charge < -0.3 is 18.8 Å². The number of likely N-dealkylation sites (tertiary alicyclic amines) is 1. The Morgan fingerprint density at radius 2 is 1.83 bits per heavy atom. The molecule has 1 aliphatic rings. The first-order chi connectivity index (χ1) is 17.0. The van der Waals surface area contributed by atoms with Gasteiger partial charge in [0.05, 0.1) is 6.61 Å². The number of methoxy groups -OCH3 is 1. The summed E-state index contributed by atoms with van der Waals surface area (Å²) in [6.07, 6.45) is 7.87. The summed E-state index contributed by atoms with van der Waals surface area (Å²) >= 11 is 0. The molecule has 0 aliphatic carbocycles. The van der Waals surface area contributed by atoms with E-state index in [9.17, 15) is 0 Å². The summed E-state index contributed by atoms with van der Waals surface area (Å²) in [5, 5.41) is 0. The molecule has 6 heteroatoms. The number of ether oxygens (including phenoxy) is 3. The molecule has 1 fully saturated rings. The molecule has 1 saturated heterocycles. The maximum atomic E-state index is 6.13. The quantitative estimate of drug-likeness (QED) is 0.345. The third-order valence-corrected chi connectivity index (χ3v) is 6.99. The zero-order valence-corrected chi connectivity index (χ0v) is 21.4. The molecule has 4 rings (SSSR count). The largest absolute Gasteiger partial charge is 0.494 e. The van der Waals surface area contributed by atoms with Crippen LogP contribution in [0.3, 0.4) is 0 Å². The Hall–Kier alpha value is -2.83. The Bertz CT molecular complexity index is 1050. The predicted molar refractivity (Wildman–Crippen MR) is 139 cm³/mol. The van der Waals surface area contributed by atoms with Crippen molar-refractivity contribution in [3.8, 4) is 11.5 Å². The molecule has 2 heterocycles. The van der Waals surface area contributed by atoms with Crippen LogP contribution in [0.1, 0.15) is 42.6 Å². The minimum absolute atomic E-state index is 0.238.